The van der Waals surface area contributed by atoms with Crippen molar-refractivity contribution in [2.45, 2.75) is 45.4 Å². The van der Waals surface area contributed by atoms with Gasteiger partial charge in [-0.15, -0.1) is 0 Å². The van der Waals surface area contributed by atoms with Gasteiger partial charge in [0.1, 0.15) is 11.0 Å². The summed E-state index contributed by atoms with van der Waals surface area (Å²) in [6, 6.07) is 1.79. The van der Waals surface area contributed by atoms with Gasteiger partial charge >= 0.3 is 0 Å². The summed E-state index contributed by atoms with van der Waals surface area (Å²) in [4.78, 5) is 12.0. The fourth-order valence-corrected chi connectivity index (χ4v) is 2.51. The molecule has 0 fully saturated rings. The van der Waals surface area contributed by atoms with Gasteiger partial charge < -0.3 is 4.98 Å². The molecule has 0 radical (unpaired) electrons. The summed E-state index contributed by atoms with van der Waals surface area (Å²) in [6.45, 7) is 4.38. The minimum Gasteiger partial charge on any atom is -0.340 e. The average molecular weight is 286 g/mol. The van der Waals surface area contributed by atoms with Crippen molar-refractivity contribution in [3.63, 3.8) is 0 Å². The number of nitrogens with one attached hydrogen (secondary N) is 1. The second-order valence-corrected chi connectivity index (χ2v) is 5.29. The first kappa shape index (κ1) is 13.6. The van der Waals surface area contributed by atoms with Crippen LogP contribution in [0.3, 0.4) is 0 Å². The maximum atomic E-state index is 5.96. The van der Waals surface area contributed by atoms with Crippen molar-refractivity contribution in [3.05, 3.63) is 22.1 Å². The van der Waals surface area contributed by atoms with Gasteiger partial charge in [-0.2, -0.15) is 0 Å². The van der Waals surface area contributed by atoms with E-state index in [4.69, 9.17) is 23.2 Å². The molecule has 0 unspecified atom stereocenters. The van der Waals surface area contributed by atoms with Crippen LogP contribution in [0.25, 0.3) is 11.2 Å². The van der Waals surface area contributed by atoms with E-state index in [1.807, 2.05) is 0 Å². The Morgan fingerprint density at radius 2 is 1.83 bits per heavy atom. The molecule has 1 N–H and O–H groups in total. The molecule has 0 aliphatic carbocycles. The molecule has 0 spiro atoms. The van der Waals surface area contributed by atoms with Crippen molar-refractivity contribution in [2.75, 3.05) is 0 Å². The van der Waals surface area contributed by atoms with Crippen LogP contribution < -0.4 is 0 Å². The van der Waals surface area contributed by atoms with Gasteiger partial charge in [0.25, 0.3) is 0 Å². The van der Waals surface area contributed by atoms with Crippen LogP contribution in [0.5, 0.6) is 0 Å². The van der Waals surface area contributed by atoms with Gasteiger partial charge in [-0.05, 0) is 18.9 Å². The molecule has 2 heterocycles. The van der Waals surface area contributed by atoms with Gasteiger partial charge in [-0.25, -0.2) is 9.97 Å². The summed E-state index contributed by atoms with van der Waals surface area (Å²) in [5.74, 6) is 1.46. The van der Waals surface area contributed by atoms with Crippen LogP contribution in [0.1, 0.15) is 51.3 Å². The Balaban J connectivity index is 2.38. The Morgan fingerprint density at radius 3 is 2.44 bits per heavy atom. The quantitative estimate of drug-likeness (QED) is 0.790. The summed E-state index contributed by atoms with van der Waals surface area (Å²) >= 11 is 11.9. The van der Waals surface area contributed by atoms with E-state index in [0.717, 1.165) is 37.0 Å². The molecule has 2 rings (SSSR count). The highest BCUT2D eigenvalue weighted by molar-refractivity contribution is 6.41. The van der Waals surface area contributed by atoms with Gasteiger partial charge in [0, 0.05) is 5.92 Å². The molecule has 0 aliphatic rings. The second kappa shape index (κ2) is 5.89. The van der Waals surface area contributed by atoms with Gasteiger partial charge in [0.05, 0.1) is 10.5 Å². The number of aromatic nitrogens is 3. The lowest BCUT2D eigenvalue weighted by molar-refractivity contribution is 0.539. The highest BCUT2D eigenvalue weighted by Gasteiger charge is 2.15. The Hall–Kier alpha value is -0.800. The fourth-order valence-electron chi connectivity index (χ4n) is 2.22. The molecule has 0 bridgehead atoms. The third-order valence-electron chi connectivity index (χ3n) is 3.06. The van der Waals surface area contributed by atoms with Crippen molar-refractivity contribution in [1.82, 2.24) is 15.0 Å². The predicted molar refractivity (Wildman–Crippen MR) is 76.5 cm³/mol. The number of pyridine rings is 1. The van der Waals surface area contributed by atoms with E-state index in [1.54, 1.807) is 6.07 Å². The highest BCUT2D eigenvalue weighted by atomic mass is 35.5. The zero-order chi connectivity index (χ0) is 13.1. The standard InChI is InChI=1S/C13H17Cl2N3/c1-3-5-8(6-4-2)12-16-10-7-9(14)11(15)17-13(10)18-12/h7-8H,3-6H2,1-2H3,(H,16,17,18). The first-order valence-electron chi connectivity index (χ1n) is 6.37. The Labute approximate surface area is 117 Å². The van der Waals surface area contributed by atoms with Gasteiger partial charge in [-0.1, -0.05) is 49.9 Å². The lowest BCUT2D eigenvalue weighted by atomic mass is 9.98. The summed E-state index contributed by atoms with van der Waals surface area (Å²) in [5, 5.41) is 0.770. The first-order chi connectivity index (χ1) is 8.65. The molecule has 0 aliphatic heterocycles. The zero-order valence-electron chi connectivity index (χ0n) is 10.6. The van der Waals surface area contributed by atoms with Crippen LogP contribution in [0, 0.1) is 0 Å². The molecule has 0 amide bonds. The number of aromatic amines is 1. The lowest BCUT2D eigenvalue weighted by Gasteiger charge is -2.11. The summed E-state index contributed by atoms with van der Waals surface area (Å²) in [5.41, 5.74) is 1.51. The molecular weight excluding hydrogens is 269 g/mol. The number of hydrogen-bond donors (Lipinski definition) is 1. The first-order valence-corrected chi connectivity index (χ1v) is 7.13. The van der Waals surface area contributed by atoms with E-state index in [2.05, 4.69) is 28.8 Å². The summed E-state index contributed by atoms with van der Waals surface area (Å²) < 4.78 is 0. The monoisotopic (exact) mass is 285 g/mol. The SMILES string of the molecule is CCCC(CCC)c1nc2nc(Cl)c(Cl)cc2[nH]1. The number of rotatable bonds is 5. The summed E-state index contributed by atoms with van der Waals surface area (Å²) in [7, 11) is 0. The van der Waals surface area contributed by atoms with Crippen molar-refractivity contribution < 1.29 is 0 Å². The molecule has 5 heteroatoms. The highest BCUT2D eigenvalue weighted by Crippen LogP contribution is 2.28. The van der Waals surface area contributed by atoms with Crippen LogP contribution in [-0.2, 0) is 0 Å². The molecular formula is C13H17Cl2N3. The number of imidazole rings is 1. The van der Waals surface area contributed by atoms with Crippen LogP contribution in [-0.4, -0.2) is 15.0 Å². The number of fused-ring (bicyclic) bond motifs is 1. The number of hydrogen-bond acceptors (Lipinski definition) is 2. The molecule has 2 aromatic rings. The van der Waals surface area contributed by atoms with Gasteiger partial charge in [-0.3, -0.25) is 0 Å². The maximum Gasteiger partial charge on any atom is 0.179 e. The summed E-state index contributed by atoms with van der Waals surface area (Å²) in [6.07, 6.45) is 4.57. The maximum absolute atomic E-state index is 5.96. The minimum absolute atomic E-state index is 0.310. The number of H-pyrrole nitrogens is 1. The van der Waals surface area contributed by atoms with Crippen LogP contribution >= 0.6 is 23.2 Å². The smallest absolute Gasteiger partial charge is 0.179 e. The second-order valence-electron chi connectivity index (χ2n) is 4.53. The van der Waals surface area contributed by atoms with Crippen LogP contribution in [0.4, 0.5) is 0 Å². The molecule has 0 atom stereocenters. The third-order valence-corrected chi connectivity index (χ3v) is 3.74. The third kappa shape index (κ3) is 2.78. The van der Waals surface area contributed by atoms with Crippen LogP contribution in [0.2, 0.25) is 10.2 Å². The van der Waals surface area contributed by atoms with E-state index in [1.165, 1.54) is 0 Å². The predicted octanol–water partition coefficient (Wildman–Crippen LogP) is 4.95. The van der Waals surface area contributed by atoms with Crippen LogP contribution in [0.15, 0.2) is 6.07 Å². The normalized spacial score (nSPS) is 11.6. The van der Waals surface area contributed by atoms with E-state index in [9.17, 15) is 0 Å². The molecule has 18 heavy (non-hydrogen) atoms. The molecule has 0 saturated heterocycles. The van der Waals surface area contributed by atoms with Gasteiger partial charge in [0.15, 0.2) is 5.65 Å². The molecule has 0 saturated carbocycles. The lowest BCUT2D eigenvalue weighted by Crippen LogP contribution is -2.00. The van der Waals surface area contributed by atoms with E-state index < -0.39 is 0 Å². The topological polar surface area (TPSA) is 41.6 Å². The van der Waals surface area contributed by atoms with Crippen molar-refractivity contribution in [1.29, 1.82) is 0 Å². The Kier molecular flexibility index (Phi) is 4.46. The van der Waals surface area contributed by atoms with E-state index >= 15 is 0 Å². The molecule has 98 valence electrons. The fraction of sp³-hybridized carbons (Fsp3) is 0.538. The van der Waals surface area contributed by atoms with Gasteiger partial charge in [0.2, 0.25) is 0 Å². The molecule has 2 aromatic heterocycles. The molecule has 0 aromatic carbocycles. The zero-order valence-corrected chi connectivity index (χ0v) is 12.1. The van der Waals surface area contributed by atoms with Crippen molar-refractivity contribution in [3.8, 4) is 0 Å². The largest absolute Gasteiger partial charge is 0.340 e. The minimum atomic E-state index is 0.310. The number of nitrogens with zero attached hydrogens (tertiary/aromatic N) is 2. The van der Waals surface area contributed by atoms with Crippen molar-refractivity contribution >= 4 is 34.4 Å². The Morgan fingerprint density at radius 1 is 1.17 bits per heavy atom. The molecule has 3 nitrogen and oxygen atoms in total. The van der Waals surface area contributed by atoms with E-state index in [-0.39, 0.29) is 0 Å². The van der Waals surface area contributed by atoms with E-state index in [0.29, 0.717) is 21.7 Å². The number of halogens is 2. The average Bonchev–Trinajstić information content (AvgIpc) is 2.72. The van der Waals surface area contributed by atoms with Crippen molar-refractivity contribution in [2.24, 2.45) is 0 Å². The Bertz CT molecular complexity index is 491.